The Balaban J connectivity index is 1.26. The van der Waals surface area contributed by atoms with Crippen LogP contribution in [0.4, 0.5) is 10.5 Å². The Bertz CT molecular complexity index is 771. The van der Waals surface area contributed by atoms with Crippen LogP contribution in [0, 0.1) is 0 Å². The Morgan fingerprint density at radius 3 is 2.60 bits per heavy atom. The predicted octanol–water partition coefficient (Wildman–Crippen LogP) is 2.62. The highest BCUT2D eigenvalue weighted by molar-refractivity contribution is 7.99. The number of piperazine rings is 1. The van der Waals surface area contributed by atoms with E-state index in [0.717, 1.165) is 32.1 Å². The fourth-order valence-electron chi connectivity index (χ4n) is 4.05. The Morgan fingerprint density at radius 2 is 1.90 bits per heavy atom. The summed E-state index contributed by atoms with van der Waals surface area (Å²) in [7, 11) is 0. The van der Waals surface area contributed by atoms with Gasteiger partial charge in [-0.2, -0.15) is 11.8 Å². The first-order valence-corrected chi connectivity index (χ1v) is 12.0. The molecule has 1 amide bonds. The van der Waals surface area contributed by atoms with Gasteiger partial charge in [0.05, 0.1) is 12.6 Å². The maximum Gasteiger partial charge on any atom is 0.410 e. The zero-order valence-electron chi connectivity index (χ0n) is 18.3. The predicted molar refractivity (Wildman–Crippen MR) is 123 cm³/mol. The summed E-state index contributed by atoms with van der Waals surface area (Å²) < 4.78 is 5.52. The molecule has 3 heterocycles. The molecule has 0 saturated carbocycles. The van der Waals surface area contributed by atoms with Crippen LogP contribution in [0.2, 0.25) is 0 Å². The first-order chi connectivity index (χ1) is 14.4. The minimum Gasteiger partial charge on any atom is -0.444 e. The van der Waals surface area contributed by atoms with Crippen molar-refractivity contribution in [2.24, 2.45) is 4.99 Å². The smallest absolute Gasteiger partial charge is 0.410 e. The standard InChI is InChI=1S/C22H33N5O2S/c1-22(2,3)29-21(28)26-8-9-27-19(16-26)15-24-20(27)23-14-17-4-6-18(7-5-17)25-10-12-30-13-11-25/h4-7,19H,8-16H2,1-3H3,(H,23,24). The molecule has 1 aromatic carbocycles. The van der Waals surface area contributed by atoms with E-state index in [2.05, 4.69) is 39.4 Å². The van der Waals surface area contributed by atoms with Gasteiger partial charge in [0.15, 0.2) is 5.96 Å². The molecule has 1 unspecified atom stereocenters. The molecule has 3 aliphatic heterocycles. The van der Waals surface area contributed by atoms with Gasteiger partial charge in [-0.15, -0.1) is 0 Å². The van der Waals surface area contributed by atoms with E-state index in [9.17, 15) is 4.79 Å². The van der Waals surface area contributed by atoms with Crippen LogP contribution in [0.3, 0.4) is 0 Å². The van der Waals surface area contributed by atoms with Gasteiger partial charge in [-0.3, -0.25) is 4.99 Å². The highest BCUT2D eigenvalue weighted by Crippen LogP contribution is 2.21. The molecule has 8 heteroatoms. The van der Waals surface area contributed by atoms with Gasteiger partial charge in [-0.1, -0.05) is 12.1 Å². The summed E-state index contributed by atoms with van der Waals surface area (Å²) >= 11 is 2.03. The van der Waals surface area contributed by atoms with Crippen molar-refractivity contribution in [1.82, 2.24) is 15.1 Å². The van der Waals surface area contributed by atoms with E-state index in [1.807, 2.05) is 37.4 Å². The number of nitrogens with zero attached hydrogens (tertiary/aromatic N) is 4. The number of amides is 1. The second kappa shape index (κ2) is 8.96. The molecular weight excluding hydrogens is 398 g/mol. The number of carbonyl (C=O) groups is 1. The van der Waals surface area contributed by atoms with E-state index in [4.69, 9.17) is 9.73 Å². The maximum absolute atomic E-state index is 12.4. The minimum absolute atomic E-state index is 0.226. The van der Waals surface area contributed by atoms with Crippen molar-refractivity contribution in [3.8, 4) is 0 Å². The van der Waals surface area contributed by atoms with Gasteiger partial charge in [-0.05, 0) is 38.5 Å². The van der Waals surface area contributed by atoms with Crippen LogP contribution in [0.5, 0.6) is 0 Å². The Hall–Kier alpha value is -2.09. The third-order valence-electron chi connectivity index (χ3n) is 5.62. The SMILES string of the molecule is CC(C)(C)OC(=O)N1CCN2C(NCc3ccc(N4CCSCC4)cc3)=NCC2C1. The van der Waals surface area contributed by atoms with Crippen LogP contribution in [0.1, 0.15) is 26.3 Å². The zero-order chi connectivity index (χ0) is 21.1. The summed E-state index contributed by atoms with van der Waals surface area (Å²) in [6, 6.07) is 9.10. The molecule has 0 radical (unpaired) electrons. The summed E-state index contributed by atoms with van der Waals surface area (Å²) in [5.41, 5.74) is 2.11. The van der Waals surface area contributed by atoms with Crippen molar-refractivity contribution in [2.75, 3.05) is 55.7 Å². The van der Waals surface area contributed by atoms with Gasteiger partial charge in [0.2, 0.25) is 0 Å². The summed E-state index contributed by atoms with van der Waals surface area (Å²) in [4.78, 5) is 23.6. The molecule has 3 aliphatic rings. The highest BCUT2D eigenvalue weighted by Gasteiger charge is 2.36. The lowest BCUT2D eigenvalue weighted by atomic mass is 10.2. The van der Waals surface area contributed by atoms with Gasteiger partial charge in [0.1, 0.15) is 5.60 Å². The van der Waals surface area contributed by atoms with Crippen LogP contribution in [-0.2, 0) is 11.3 Å². The van der Waals surface area contributed by atoms with Crippen molar-refractivity contribution >= 4 is 29.5 Å². The van der Waals surface area contributed by atoms with Crippen molar-refractivity contribution in [2.45, 2.75) is 39.0 Å². The number of ether oxygens (including phenoxy) is 1. The number of fused-ring (bicyclic) bond motifs is 1. The molecular formula is C22H33N5O2S. The molecule has 4 rings (SSSR count). The number of rotatable bonds is 3. The lowest BCUT2D eigenvalue weighted by molar-refractivity contribution is 0.0137. The Kier molecular flexibility index (Phi) is 6.32. The minimum atomic E-state index is -0.463. The van der Waals surface area contributed by atoms with Crippen LogP contribution >= 0.6 is 11.8 Å². The van der Waals surface area contributed by atoms with Crippen molar-refractivity contribution in [3.63, 3.8) is 0 Å². The van der Waals surface area contributed by atoms with Gasteiger partial charge in [0.25, 0.3) is 0 Å². The molecule has 0 aliphatic carbocycles. The number of hydrogen-bond acceptors (Lipinski definition) is 7. The molecule has 1 N–H and O–H groups in total. The van der Waals surface area contributed by atoms with Crippen LogP contribution in [-0.4, -0.2) is 84.3 Å². The molecule has 2 saturated heterocycles. The number of nitrogens with one attached hydrogen (secondary N) is 1. The monoisotopic (exact) mass is 431 g/mol. The van der Waals surface area contributed by atoms with Gasteiger partial charge in [0, 0.05) is 56.5 Å². The van der Waals surface area contributed by atoms with E-state index < -0.39 is 5.60 Å². The van der Waals surface area contributed by atoms with Gasteiger partial charge < -0.3 is 24.8 Å². The largest absolute Gasteiger partial charge is 0.444 e. The average molecular weight is 432 g/mol. The van der Waals surface area contributed by atoms with Crippen molar-refractivity contribution < 1.29 is 9.53 Å². The highest BCUT2D eigenvalue weighted by atomic mass is 32.2. The van der Waals surface area contributed by atoms with Gasteiger partial charge >= 0.3 is 6.09 Å². The quantitative estimate of drug-likeness (QED) is 0.794. The molecule has 1 atom stereocenters. The first kappa shape index (κ1) is 21.2. The molecule has 164 valence electrons. The number of guanidine groups is 1. The first-order valence-electron chi connectivity index (χ1n) is 10.8. The number of anilines is 1. The van der Waals surface area contributed by atoms with E-state index in [1.165, 1.54) is 22.8 Å². The van der Waals surface area contributed by atoms with Gasteiger partial charge in [-0.25, -0.2) is 4.79 Å². The molecule has 30 heavy (non-hydrogen) atoms. The Labute approximate surface area is 183 Å². The molecule has 0 bridgehead atoms. The fraction of sp³-hybridized carbons (Fsp3) is 0.636. The lowest BCUT2D eigenvalue weighted by Crippen LogP contribution is -2.57. The summed E-state index contributed by atoms with van der Waals surface area (Å²) in [6.07, 6.45) is -0.226. The van der Waals surface area contributed by atoms with Crippen molar-refractivity contribution in [3.05, 3.63) is 29.8 Å². The van der Waals surface area contributed by atoms with E-state index in [1.54, 1.807) is 0 Å². The second-order valence-corrected chi connectivity index (χ2v) is 10.3. The number of thioether (sulfide) groups is 1. The topological polar surface area (TPSA) is 60.4 Å². The summed E-state index contributed by atoms with van der Waals surface area (Å²) in [5.74, 6) is 3.37. The third-order valence-corrected chi connectivity index (χ3v) is 6.56. The summed E-state index contributed by atoms with van der Waals surface area (Å²) in [6.45, 7) is 11.6. The Morgan fingerprint density at radius 1 is 1.17 bits per heavy atom. The van der Waals surface area contributed by atoms with E-state index >= 15 is 0 Å². The zero-order valence-corrected chi connectivity index (χ0v) is 19.1. The molecule has 0 aromatic heterocycles. The lowest BCUT2D eigenvalue weighted by Gasteiger charge is -2.39. The molecule has 7 nitrogen and oxygen atoms in total. The van der Waals surface area contributed by atoms with Crippen LogP contribution in [0.25, 0.3) is 0 Å². The number of carbonyl (C=O) groups excluding carboxylic acids is 1. The fourth-order valence-corrected chi connectivity index (χ4v) is 4.95. The van der Waals surface area contributed by atoms with Crippen LogP contribution < -0.4 is 10.2 Å². The van der Waals surface area contributed by atoms with E-state index in [0.29, 0.717) is 19.6 Å². The number of benzene rings is 1. The van der Waals surface area contributed by atoms with Crippen molar-refractivity contribution in [1.29, 1.82) is 0 Å². The maximum atomic E-state index is 12.4. The summed E-state index contributed by atoms with van der Waals surface area (Å²) in [5, 5.41) is 3.50. The number of aliphatic imine (C=N–C) groups is 1. The third kappa shape index (κ3) is 5.14. The van der Waals surface area contributed by atoms with Crippen LogP contribution in [0.15, 0.2) is 29.3 Å². The molecule has 1 aromatic rings. The normalized spacial score (nSPS) is 21.9. The van der Waals surface area contributed by atoms with E-state index in [-0.39, 0.29) is 12.1 Å². The molecule has 0 spiro atoms. The number of hydrogen-bond donors (Lipinski definition) is 1. The second-order valence-electron chi connectivity index (χ2n) is 9.06. The average Bonchev–Trinajstić information content (AvgIpc) is 3.14. The molecule has 2 fully saturated rings.